The number of fused-ring (bicyclic) bond motifs is 1. The van der Waals surface area contributed by atoms with E-state index in [1.807, 2.05) is 39.8 Å². The number of nitrogens with zero attached hydrogens (tertiary/aromatic N) is 5. The number of hydrogen-bond donors (Lipinski definition) is 0. The van der Waals surface area contributed by atoms with Gasteiger partial charge in [0.25, 0.3) is 0 Å². The van der Waals surface area contributed by atoms with Crippen molar-refractivity contribution in [3.05, 3.63) is 58.0 Å². The summed E-state index contributed by atoms with van der Waals surface area (Å²) < 4.78 is 7.48. The van der Waals surface area contributed by atoms with Crippen LogP contribution in [0.25, 0.3) is 5.65 Å². The smallest absolute Gasteiger partial charge is 0.222 e. The quantitative estimate of drug-likeness (QED) is 0.602. The van der Waals surface area contributed by atoms with Crippen molar-refractivity contribution < 1.29 is 9.53 Å². The minimum atomic E-state index is 0.0519. The first-order valence-electron chi connectivity index (χ1n) is 9.99. The largest absolute Gasteiger partial charge is 0.492 e. The average molecular weight is 406 g/mol. The van der Waals surface area contributed by atoms with E-state index in [0.717, 1.165) is 33.8 Å². The van der Waals surface area contributed by atoms with Gasteiger partial charge in [-0.3, -0.25) is 4.79 Å². The summed E-state index contributed by atoms with van der Waals surface area (Å²) in [7, 11) is 1.79. The van der Waals surface area contributed by atoms with E-state index in [1.54, 1.807) is 16.5 Å². The number of hydrogen-bond acceptors (Lipinski definition) is 5. The topological polar surface area (TPSA) is 83.5 Å². The number of nitriles is 1. The van der Waals surface area contributed by atoms with E-state index in [-0.39, 0.29) is 5.91 Å². The molecule has 0 atom stereocenters. The molecule has 7 nitrogen and oxygen atoms in total. The summed E-state index contributed by atoms with van der Waals surface area (Å²) in [5.41, 5.74) is 6.05. The van der Waals surface area contributed by atoms with Crippen LogP contribution in [0.3, 0.4) is 0 Å². The molecule has 0 aliphatic rings. The summed E-state index contributed by atoms with van der Waals surface area (Å²) in [6.07, 6.45) is 2.47. The molecule has 0 radical (unpaired) electrons. The first kappa shape index (κ1) is 21.3. The number of rotatable bonds is 7. The van der Waals surface area contributed by atoms with Crippen LogP contribution in [0.15, 0.2) is 24.4 Å². The predicted molar refractivity (Wildman–Crippen MR) is 115 cm³/mol. The summed E-state index contributed by atoms with van der Waals surface area (Å²) in [5.74, 6) is 0.881. The number of carbonyl (C=O) groups excluding carboxylic acids is 1. The molecule has 0 saturated heterocycles. The second-order valence-corrected chi connectivity index (χ2v) is 7.65. The van der Waals surface area contributed by atoms with Crippen LogP contribution in [-0.4, -0.2) is 45.6 Å². The number of carbonyl (C=O) groups is 1. The molecule has 30 heavy (non-hydrogen) atoms. The van der Waals surface area contributed by atoms with Gasteiger partial charge >= 0.3 is 0 Å². The normalized spacial score (nSPS) is 10.8. The Balaban J connectivity index is 1.58. The number of aromatic nitrogens is 3. The van der Waals surface area contributed by atoms with Crippen LogP contribution in [0.4, 0.5) is 0 Å². The molecule has 156 valence electrons. The van der Waals surface area contributed by atoms with Crippen molar-refractivity contribution in [2.24, 2.45) is 0 Å². The van der Waals surface area contributed by atoms with Crippen molar-refractivity contribution in [1.82, 2.24) is 19.5 Å². The summed E-state index contributed by atoms with van der Waals surface area (Å²) in [6.45, 7) is 8.89. The summed E-state index contributed by atoms with van der Waals surface area (Å²) in [4.78, 5) is 18.8. The number of aryl methyl sites for hydroxylation is 4. The Morgan fingerprint density at radius 2 is 1.90 bits per heavy atom. The zero-order valence-corrected chi connectivity index (χ0v) is 18.2. The van der Waals surface area contributed by atoms with Crippen LogP contribution < -0.4 is 4.74 Å². The third kappa shape index (κ3) is 4.60. The van der Waals surface area contributed by atoms with Crippen molar-refractivity contribution in [2.75, 3.05) is 20.2 Å². The first-order chi connectivity index (χ1) is 14.3. The van der Waals surface area contributed by atoms with Crippen LogP contribution in [0.5, 0.6) is 5.75 Å². The van der Waals surface area contributed by atoms with E-state index in [2.05, 4.69) is 22.2 Å². The van der Waals surface area contributed by atoms with Gasteiger partial charge in [0.15, 0.2) is 5.65 Å². The lowest BCUT2D eigenvalue weighted by atomic mass is 10.1. The summed E-state index contributed by atoms with van der Waals surface area (Å²) in [5, 5.41) is 13.4. The fourth-order valence-corrected chi connectivity index (χ4v) is 3.62. The highest BCUT2D eigenvalue weighted by molar-refractivity contribution is 5.76. The molecule has 3 aromatic rings. The standard InChI is InChI=1S/C23H27N5O2/c1-15-10-16(2)12-20(11-15)30-9-8-27(5)22(29)7-6-21-17(3)26-23-19(13-24)14-25-28(23)18(21)4/h10-12,14H,6-9H2,1-5H3. The highest BCUT2D eigenvalue weighted by atomic mass is 16.5. The minimum absolute atomic E-state index is 0.0519. The lowest BCUT2D eigenvalue weighted by Crippen LogP contribution is -2.31. The molecule has 0 bridgehead atoms. The Morgan fingerprint density at radius 3 is 2.57 bits per heavy atom. The molecule has 7 heteroatoms. The van der Waals surface area contributed by atoms with Gasteiger partial charge in [-0.15, -0.1) is 0 Å². The van der Waals surface area contributed by atoms with E-state index < -0.39 is 0 Å². The van der Waals surface area contributed by atoms with Crippen LogP contribution in [0.2, 0.25) is 0 Å². The molecule has 0 aliphatic carbocycles. The molecular formula is C23H27N5O2. The Hall–Kier alpha value is -3.40. The second-order valence-electron chi connectivity index (χ2n) is 7.65. The third-order valence-electron chi connectivity index (χ3n) is 5.23. The Bertz CT molecular complexity index is 1110. The fraction of sp³-hybridized carbons (Fsp3) is 0.391. The van der Waals surface area contributed by atoms with Crippen molar-refractivity contribution in [1.29, 1.82) is 5.26 Å². The van der Waals surface area contributed by atoms with Gasteiger partial charge in [0.1, 0.15) is 24.0 Å². The summed E-state index contributed by atoms with van der Waals surface area (Å²) >= 11 is 0. The minimum Gasteiger partial charge on any atom is -0.492 e. The first-order valence-corrected chi connectivity index (χ1v) is 9.99. The Labute approximate surface area is 176 Å². The monoisotopic (exact) mass is 405 g/mol. The number of likely N-dealkylation sites (N-methyl/N-ethyl adjacent to an activating group) is 1. The van der Waals surface area contributed by atoms with E-state index in [1.165, 1.54) is 6.20 Å². The predicted octanol–water partition coefficient (Wildman–Crippen LogP) is 3.30. The zero-order chi connectivity index (χ0) is 21.8. The molecule has 2 aromatic heterocycles. The molecule has 0 fully saturated rings. The lowest BCUT2D eigenvalue weighted by molar-refractivity contribution is -0.130. The van der Waals surface area contributed by atoms with Crippen LogP contribution in [0.1, 0.15) is 40.1 Å². The van der Waals surface area contributed by atoms with E-state index in [0.29, 0.717) is 37.2 Å². The maximum absolute atomic E-state index is 12.6. The molecule has 3 rings (SSSR count). The van der Waals surface area contributed by atoms with Crippen LogP contribution in [0, 0.1) is 39.0 Å². The maximum atomic E-state index is 12.6. The second kappa shape index (κ2) is 8.95. The molecule has 1 aromatic carbocycles. The van der Waals surface area contributed by atoms with Gasteiger partial charge in [-0.2, -0.15) is 10.4 Å². The summed E-state index contributed by atoms with van der Waals surface area (Å²) in [6, 6.07) is 8.20. The van der Waals surface area contributed by atoms with Crippen molar-refractivity contribution in [3.8, 4) is 11.8 Å². The van der Waals surface area contributed by atoms with E-state index >= 15 is 0 Å². The highest BCUT2D eigenvalue weighted by Crippen LogP contribution is 2.19. The van der Waals surface area contributed by atoms with Crippen molar-refractivity contribution in [2.45, 2.75) is 40.5 Å². The number of benzene rings is 1. The Morgan fingerprint density at radius 1 is 1.20 bits per heavy atom. The third-order valence-corrected chi connectivity index (χ3v) is 5.23. The molecule has 0 N–H and O–H groups in total. The number of amides is 1. The molecule has 2 heterocycles. The van der Waals surface area contributed by atoms with Gasteiger partial charge in [0.2, 0.25) is 5.91 Å². The Kier molecular flexibility index (Phi) is 6.36. The van der Waals surface area contributed by atoms with Crippen LogP contribution in [-0.2, 0) is 11.2 Å². The van der Waals surface area contributed by atoms with Gasteiger partial charge in [-0.25, -0.2) is 9.50 Å². The average Bonchev–Trinajstić information content (AvgIpc) is 3.09. The molecule has 0 saturated carbocycles. The zero-order valence-electron chi connectivity index (χ0n) is 18.2. The van der Waals surface area contributed by atoms with Gasteiger partial charge in [0, 0.05) is 24.9 Å². The lowest BCUT2D eigenvalue weighted by Gasteiger charge is -2.18. The number of ether oxygens (including phenoxy) is 1. The van der Waals surface area contributed by atoms with Gasteiger partial charge in [-0.1, -0.05) is 6.07 Å². The van der Waals surface area contributed by atoms with Crippen LogP contribution >= 0.6 is 0 Å². The van der Waals surface area contributed by atoms with E-state index in [9.17, 15) is 10.1 Å². The SMILES string of the molecule is Cc1cc(C)cc(OCCN(C)C(=O)CCc2c(C)nc3c(C#N)cnn3c2C)c1. The maximum Gasteiger partial charge on any atom is 0.222 e. The fourth-order valence-electron chi connectivity index (χ4n) is 3.62. The highest BCUT2D eigenvalue weighted by Gasteiger charge is 2.16. The van der Waals surface area contributed by atoms with Crippen molar-refractivity contribution >= 4 is 11.6 Å². The van der Waals surface area contributed by atoms with Gasteiger partial charge in [-0.05, 0) is 62.9 Å². The molecule has 1 amide bonds. The molecule has 0 spiro atoms. The van der Waals surface area contributed by atoms with Gasteiger partial charge < -0.3 is 9.64 Å². The molecular weight excluding hydrogens is 378 g/mol. The molecule has 0 aliphatic heterocycles. The van der Waals surface area contributed by atoms with Gasteiger partial charge in [0.05, 0.1) is 12.7 Å². The molecule has 0 unspecified atom stereocenters. The van der Waals surface area contributed by atoms with E-state index in [4.69, 9.17) is 4.74 Å². The van der Waals surface area contributed by atoms with Crippen molar-refractivity contribution in [3.63, 3.8) is 0 Å².